The van der Waals surface area contributed by atoms with Crippen LogP contribution >= 0.6 is 0 Å². The summed E-state index contributed by atoms with van der Waals surface area (Å²) < 4.78 is 5.10. The van der Waals surface area contributed by atoms with Crippen molar-refractivity contribution in [3.8, 4) is 100 Å². The Morgan fingerprint density at radius 2 is 0.524 bits per heavy atom. The molecule has 4 nitrogen and oxygen atoms in total. The van der Waals surface area contributed by atoms with E-state index >= 15 is 0 Å². The molecule has 0 N–H and O–H groups in total. The molecule has 0 aliphatic carbocycles. The molecule has 0 spiro atoms. The third-order valence-electron chi connectivity index (χ3n) is 26.5. The molecule has 0 atom stereocenters. The Bertz CT molecular complexity index is 6980. The number of para-hydroxylation sites is 2. The molecule has 600 valence electrons. The number of rotatable bonds is 15. The number of fused-ring (bicyclic) bond motifs is 10. The highest BCUT2D eigenvalue weighted by Gasteiger charge is 2.47. The van der Waals surface area contributed by atoms with Crippen LogP contribution in [0, 0.1) is 0 Å². The molecule has 19 aromatic rings. The molecule has 0 amide bonds. The summed E-state index contributed by atoms with van der Waals surface area (Å²) in [6, 6.07) is 144. The van der Waals surface area contributed by atoms with Crippen molar-refractivity contribution in [1.82, 2.24) is 9.13 Å². The number of anilines is 6. The highest BCUT2D eigenvalue weighted by Crippen LogP contribution is 2.56. The number of hydrogen-bond donors (Lipinski definition) is 0. The maximum atomic E-state index is 2.77. The van der Waals surface area contributed by atoms with Crippen LogP contribution < -0.4 is 26.2 Å². The van der Waals surface area contributed by atoms with Crippen LogP contribution in [0.3, 0.4) is 0 Å². The highest BCUT2D eigenvalue weighted by molar-refractivity contribution is 7.00. The van der Waals surface area contributed by atoms with Crippen LogP contribution in [0.4, 0.5) is 34.1 Å². The lowest BCUT2D eigenvalue weighted by atomic mass is 9.33. The second-order valence-electron chi connectivity index (χ2n) is 37.4. The van der Waals surface area contributed by atoms with Gasteiger partial charge in [-0.25, -0.2) is 0 Å². The van der Waals surface area contributed by atoms with Crippen molar-refractivity contribution in [1.29, 1.82) is 0 Å². The molecule has 5 heteroatoms. The fourth-order valence-corrected chi connectivity index (χ4v) is 19.8. The average Bonchev–Trinajstić information content (AvgIpc) is 0.732. The predicted molar refractivity (Wildman–Crippen MR) is 532 cm³/mol. The molecule has 17 aromatic carbocycles. The second kappa shape index (κ2) is 30.6. The summed E-state index contributed by atoms with van der Waals surface area (Å²) >= 11 is 0. The first-order valence-corrected chi connectivity index (χ1v) is 44.4. The van der Waals surface area contributed by atoms with E-state index in [1.54, 1.807) is 0 Å². The number of nitrogens with zero attached hydrogens (tertiary/aromatic N) is 4. The normalized spacial score (nSPS) is 12.7. The van der Waals surface area contributed by atoms with Crippen molar-refractivity contribution in [3.63, 3.8) is 0 Å². The molecule has 2 aromatic heterocycles. The SMILES string of the molecule is CC(C)c1cc2c3c(c1)N(c1c(-c4ccccc4)cc(C(C)(C)C)cc1-c1cccc(-c4cccc(-c5ccccc5)c4)c1)c1cc(-n4c5ccccc5c5cc(C(C)C)ccc54)ccc1B3c1ccc(-n3c4ccccc4c4cc(C(C)C)ccc43)cc1N2c1c(-c2ccccc2)cc(C(C)(C)C)cc1-c1cccc(-c2cccc(-c3ccccc3)c2)c1. The summed E-state index contributed by atoms with van der Waals surface area (Å²) in [5.41, 5.74) is 41.7. The van der Waals surface area contributed by atoms with Gasteiger partial charge in [-0.3, -0.25) is 0 Å². The van der Waals surface area contributed by atoms with Crippen LogP contribution in [0.25, 0.3) is 144 Å². The summed E-state index contributed by atoms with van der Waals surface area (Å²) in [7, 11) is 0. The molecule has 0 saturated carbocycles. The minimum Gasteiger partial charge on any atom is -0.310 e. The van der Waals surface area contributed by atoms with Crippen LogP contribution in [0.2, 0.25) is 0 Å². The van der Waals surface area contributed by atoms with E-state index in [9.17, 15) is 0 Å². The zero-order valence-electron chi connectivity index (χ0n) is 72.9. The summed E-state index contributed by atoms with van der Waals surface area (Å²) in [6.45, 7) is 28.0. The maximum absolute atomic E-state index is 2.77. The molecule has 0 unspecified atom stereocenters. The maximum Gasteiger partial charge on any atom is 0.252 e. The van der Waals surface area contributed by atoms with Crippen molar-refractivity contribution in [3.05, 3.63) is 404 Å². The van der Waals surface area contributed by atoms with E-state index in [0.717, 1.165) is 112 Å². The summed E-state index contributed by atoms with van der Waals surface area (Å²) in [5.74, 6) is 0.782. The summed E-state index contributed by atoms with van der Waals surface area (Å²) in [4.78, 5) is 5.54. The summed E-state index contributed by atoms with van der Waals surface area (Å²) in [5, 5.41) is 4.98. The predicted octanol–water partition coefficient (Wildman–Crippen LogP) is 31.3. The number of benzene rings is 17. The van der Waals surface area contributed by atoms with Gasteiger partial charge in [0.05, 0.1) is 33.4 Å². The fraction of sp³-hybridized carbons (Fsp3) is 0.143. The fourth-order valence-electron chi connectivity index (χ4n) is 19.8. The molecule has 0 bridgehead atoms. The first kappa shape index (κ1) is 77.3. The lowest BCUT2D eigenvalue weighted by Crippen LogP contribution is -2.61. The van der Waals surface area contributed by atoms with Crippen LogP contribution in [-0.4, -0.2) is 15.8 Å². The zero-order valence-corrected chi connectivity index (χ0v) is 72.9. The first-order valence-electron chi connectivity index (χ1n) is 44.4. The van der Waals surface area contributed by atoms with Crippen LogP contribution in [-0.2, 0) is 10.8 Å². The third kappa shape index (κ3) is 13.4. The molecule has 2 aliphatic rings. The van der Waals surface area contributed by atoms with Gasteiger partial charge in [-0.1, -0.05) is 338 Å². The van der Waals surface area contributed by atoms with E-state index in [2.05, 4.69) is 478 Å². The molecular weight excluding hydrogens is 1500 g/mol. The van der Waals surface area contributed by atoms with Crippen LogP contribution in [0.1, 0.15) is 129 Å². The van der Waals surface area contributed by atoms with Crippen molar-refractivity contribution >= 4 is 101 Å². The van der Waals surface area contributed by atoms with E-state index in [4.69, 9.17) is 0 Å². The van der Waals surface area contributed by atoms with Gasteiger partial charge in [0.25, 0.3) is 6.71 Å². The molecule has 21 rings (SSSR count). The van der Waals surface area contributed by atoms with Gasteiger partial charge in [0.1, 0.15) is 0 Å². The van der Waals surface area contributed by atoms with Gasteiger partial charge in [-0.2, -0.15) is 0 Å². The molecular formula is C119H101BN4. The van der Waals surface area contributed by atoms with E-state index in [0.29, 0.717) is 11.8 Å². The van der Waals surface area contributed by atoms with Gasteiger partial charge < -0.3 is 18.9 Å². The highest BCUT2D eigenvalue weighted by atomic mass is 15.2. The largest absolute Gasteiger partial charge is 0.310 e. The Hall–Kier alpha value is -14.0. The van der Waals surface area contributed by atoms with Gasteiger partial charge in [-0.15, -0.1) is 0 Å². The van der Waals surface area contributed by atoms with E-state index in [1.807, 2.05) is 0 Å². The zero-order chi connectivity index (χ0) is 84.6. The second-order valence-corrected chi connectivity index (χ2v) is 37.4. The van der Waals surface area contributed by atoms with Crippen LogP contribution in [0.15, 0.2) is 376 Å². The molecule has 0 saturated heterocycles. The van der Waals surface area contributed by atoms with Crippen molar-refractivity contribution < 1.29 is 0 Å². The molecule has 2 aliphatic heterocycles. The van der Waals surface area contributed by atoms with Gasteiger partial charge in [-0.05, 0) is 261 Å². The van der Waals surface area contributed by atoms with Crippen LogP contribution in [0.5, 0.6) is 0 Å². The van der Waals surface area contributed by atoms with Gasteiger partial charge in [0, 0.05) is 77.9 Å². The minimum absolute atomic E-state index is 0.0742. The summed E-state index contributed by atoms with van der Waals surface area (Å²) in [6.07, 6.45) is 0. The molecule has 124 heavy (non-hydrogen) atoms. The van der Waals surface area contributed by atoms with Gasteiger partial charge >= 0.3 is 0 Å². The van der Waals surface area contributed by atoms with Crippen molar-refractivity contribution in [2.24, 2.45) is 0 Å². The third-order valence-corrected chi connectivity index (χ3v) is 26.5. The van der Waals surface area contributed by atoms with Crippen molar-refractivity contribution in [2.75, 3.05) is 9.80 Å². The Kier molecular flexibility index (Phi) is 19.1. The minimum atomic E-state index is -0.291. The Morgan fingerprint density at radius 3 is 0.879 bits per heavy atom. The molecule has 0 fully saturated rings. The van der Waals surface area contributed by atoms with E-state index < -0.39 is 0 Å². The first-order chi connectivity index (χ1) is 60.2. The lowest BCUT2D eigenvalue weighted by molar-refractivity contribution is 0.590. The Balaban J connectivity index is 0.916. The topological polar surface area (TPSA) is 16.3 Å². The number of aromatic nitrogens is 2. The Labute approximate surface area is 730 Å². The lowest BCUT2D eigenvalue weighted by Gasteiger charge is -2.46. The smallest absolute Gasteiger partial charge is 0.252 e. The molecule has 4 heterocycles. The van der Waals surface area contributed by atoms with E-state index in [1.165, 1.54) is 110 Å². The Morgan fingerprint density at radius 1 is 0.226 bits per heavy atom. The standard InChI is InChI=1S/C119H101BN4/c1-75(2)82-53-59-109-103(65-82)97-49-25-27-51-107(97)121(109)95-55-57-105-111(73-95)123(116-99(80-37-21-15-22-38-80)69-93(118(7,8)9)71-101(116)90-47-31-45-88(63-90)86-43-29-41-84(61-86)78-33-17-13-18-34-78)113-67-92(77(5)6)68-114-115(113)120(105)106-58-56-96(122-108-52-28-26-50-98(108)104-66-83(76(3)4)54-60-110(104)122)74-112(106)124(114)117-100(81-39-23-16-24-40-81)70-94(119(10,11)12)72-102(117)91-48-32-46-89(64-91)87-44-30-42-85(62-87)79-35-19-14-20-36-79/h13-77H,1-12H3. The number of hydrogen-bond acceptors (Lipinski definition) is 2. The monoisotopic (exact) mass is 1600 g/mol. The van der Waals surface area contributed by atoms with Crippen molar-refractivity contribution in [2.45, 2.75) is 112 Å². The van der Waals surface area contributed by atoms with Gasteiger partial charge in [0.2, 0.25) is 0 Å². The van der Waals surface area contributed by atoms with E-state index in [-0.39, 0.29) is 23.5 Å². The quantitative estimate of drug-likeness (QED) is 0.0951. The average molecular weight is 1600 g/mol. The van der Waals surface area contributed by atoms with Gasteiger partial charge in [0.15, 0.2) is 0 Å². The molecule has 0 radical (unpaired) electrons.